The minimum Gasteiger partial charge on any atom is -0.310 e. The van der Waals surface area contributed by atoms with Gasteiger partial charge >= 0.3 is 0 Å². The first-order valence-electron chi connectivity index (χ1n) is 8.32. The standard InChI is InChI=1S/C19H31N/c1-6-20-19(17-8-7-15(4)16(5)12-17)18-10-13(2)9-14(3)11-18/h9-11,15-17,19-20H,6-8,12H2,1-5H3. The summed E-state index contributed by atoms with van der Waals surface area (Å²) in [5, 5.41) is 3.76. The van der Waals surface area contributed by atoms with E-state index in [0.29, 0.717) is 6.04 Å². The number of hydrogen-bond donors (Lipinski definition) is 1. The van der Waals surface area contributed by atoms with Crippen molar-refractivity contribution in [3.05, 3.63) is 34.9 Å². The van der Waals surface area contributed by atoms with E-state index in [0.717, 1.165) is 24.3 Å². The molecule has 2 rings (SSSR count). The summed E-state index contributed by atoms with van der Waals surface area (Å²) in [4.78, 5) is 0. The van der Waals surface area contributed by atoms with Gasteiger partial charge in [-0.05, 0) is 56.6 Å². The van der Waals surface area contributed by atoms with E-state index in [4.69, 9.17) is 0 Å². The molecule has 112 valence electrons. The highest BCUT2D eigenvalue weighted by Crippen LogP contribution is 2.40. The molecule has 0 saturated heterocycles. The summed E-state index contributed by atoms with van der Waals surface area (Å²) in [6.07, 6.45) is 4.13. The molecule has 4 unspecified atom stereocenters. The predicted molar refractivity (Wildman–Crippen MR) is 88.0 cm³/mol. The minimum atomic E-state index is 0.536. The van der Waals surface area contributed by atoms with E-state index in [1.807, 2.05) is 0 Å². The van der Waals surface area contributed by atoms with Crippen molar-refractivity contribution in [3.63, 3.8) is 0 Å². The lowest BCUT2D eigenvalue weighted by atomic mass is 9.72. The van der Waals surface area contributed by atoms with E-state index >= 15 is 0 Å². The largest absolute Gasteiger partial charge is 0.310 e. The van der Waals surface area contributed by atoms with Crippen LogP contribution < -0.4 is 5.32 Å². The van der Waals surface area contributed by atoms with Gasteiger partial charge in [0, 0.05) is 6.04 Å². The van der Waals surface area contributed by atoms with Crippen LogP contribution in [0, 0.1) is 31.6 Å². The van der Waals surface area contributed by atoms with Gasteiger partial charge in [0.25, 0.3) is 0 Å². The molecule has 1 heteroatoms. The predicted octanol–water partition coefficient (Wildman–Crippen LogP) is 5.03. The molecular formula is C19H31N. The van der Waals surface area contributed by atoms with Crippen molar-refractivity contribution in [3.8, 4) is 0 Å². The Balaban J connectivity index is 2.22. The highest BCUT2D eigenvalue weighted by atomic mass is 14.9. The Labute approximate surface area is 125 Å². The van der Waals surface area contributed by atoms with E-state index in [1.165, 1.54) is 36.0 Å². The van der Waals surface area contributed by atoms with Gasteiger partial charge in [0.05, 0.1) is 0 Å². The Morgan fingerprint density at radius 3 is 2.25 bits per heavy atom. The van der Waals surface area contributed by atoms with Gasteiger partial charge in [0.2, 0.25) is 0 Å². The molecule has 20 heavy (non-hydrogen) atoms. The van der Waals surface area contributed by atoms with Crippen LogP contribution >= 0.6 is 0 Å². The molecule has 0 heterocycles. The lowest BCUT2D eigenvalue weighted by Gasteiger charge is -2.37. The fraction of sp³-hybridized carbons (Fsp3) is 0.684. The maximum atomic E-state index is 3.76. The number of nitrogens with one attached hydrogen (secondary N) is 1. The molecule has 1 aromatic rings. The van der Waals surface area contributed by atoms with E-state index in [1.54, 1.807) is 0 Å². The maximum Gasteiger partial charge on any atom is 0.0348 e. The van der Waals surface area contributed by atoms with E-state index < -0.39 is 0 Å². The maximum absolute atomic E-state index is 3.76. The van der Waals surface area contributed by atoms with Crippen LogP contribution in [0.3, 0.4) is 0 Å². The molecule has 0 bridgehead atoms. The average molecular weight is 273 g/mol. The van der Waals surface area contributed by atoms with E-state index in [2.05, 4.69) is 58.1 Å². The molecule has 1 aliphatic rings. The average Bonchev–Trinajstić information content (AvgIpc) is 2.38. The molecule has 0 aromatic heterocycles. The third-order valence-electron chi connectivity index (χ3n) is 5.14. The zero-order valence-corrected chi connectivity index (χ0v) is 13.9. The summed E-state index contributed by atoms with van der Waals surface area (Å²) < 4.78 is 0. The van der Waals surface area contributed by atoms with Crippen LogP contribution in [0.4, 0.5) is 0 Å². The second-order valence-corrected chi connectivity index (χ2v) is 6.98. The second kappa shape index (κ2) is 6.76. The summed E-state index contributed by atoms with van der Waals surface area (Å²) in [5.41, 5.74) is 4.27. The van der Waals surface area contributed by atoms with E-state index in [-0.39, 0.29) is 0 Å². The molecule has 1 aliphatic carbocycles. The summed E-state index contributed by atoms with van der Waals surface area (Å²) in [7, 11) is 0. The Kier molecular flexibility index (Phi) is 5.26. The minimum absolute atomic E-state index is 0.536. The van der Waals surface area contributed by atoms with Gasteiger partial charge < -0.3 is 5.32 Å². The Morgan fingerprint density at radius 1 is 1.05 bits per heavy atom. The monoisotopic (exact) mass is 273 g/mol. The Bertz CT molecular complexity index is 417. The first kappa shape index (κ1) is 15.6. The normalized spacial score (nSPS) is 28.4. The third kappa shape index (κ3) is 3.63. The van der Waals surface area contributed by atoms with Gasteiger partial charge in [0.15, 0.2) is 0 Å². The van der Waals surface area contributed by atoms with Crippen molar-refractivity contribution < 1.29 is 0 Å². The van der Waals surface area contributed by atoms with Crippen LogP contribution in [-0.4, -0.2) is 6.54 Å². The van der Waals surface area contributed by atoms with Gasteiger partial charge in [-0.25, -0.2) is 0 Å². The summed E-state index contributed by atoms with van der Waals surface area (Å²) in [6.45, 7) is 12.6. The molecule has 0 radical (unpaired) electrons. The molecule has 0 spiro atoms. The number of rotatable bonds is 4. The first-order chi connectivity index (χ1) is 9.51. The van der Waals surface area contributed by atoms with Crippen LogP contribution in [0.5, 0.6) is 0 Å². The zero-order chi connectivity index (χ0) is 14.7. The van der Waals surface area contributed by atoms with Gasteiger partial charge in [-0.3, -0.25) is 0 Å². The highest BCUT2D eigenvalue weighted by Gasteiger charge is 2.30. The molecule has 1 fully saturated rings. The molecule has 1 nitrogen and oxygen atoms in total. The van der Waals surface area contributed by atoms with Crippen LogP contribution in [0.15, 0.2) is 18.2 Å². The quantitative estimate of drug-likeness (QED) is 0.811. The lowest BCUT2D eigenvalue weighted by Crippen LogP contribution is -2.33. The molecular weight excluding hydrogens is 242 g/mol. The first-order valence-corrected chi connectivity index (χ1v) is 8.32. The topological polar surface area (TPSA) is 12.0 Å². The molecule has 1 N–H and O–H groups in total. The van der Waals surface area contributed by atoms with Crippen LogP contribution in [0.25, 0.3) is 0 Å². The van der Waals surface area contributed by atoms with Gasteiger partial charge in [-0.15, -0.1) is 0 Å². The molecule has 4 atom stereocenters. The molecule has 0 amide bonds. The third-order valence-corrected chi connectivity index (χ3v) is 5.14. The number of aryl methyl sites for hydroxylation is 2. The fourth-order valence-electron chi connectivity index (χ4n) is 3.86. The van der Waals surface area contributed by atoms with E-state index in [9.17, 15) is 0 Å². The number of hydrogen-bond acceptors (Lipinski definition) is 1. The Morgan fingerprint density at radius 2 is 1.70 bits per heavy atom. The Hall–Kier alpha value is -0.820. The van der Waals surface area contributed by atoms with Crippen molar-refractivity contribution in [2.45, 2.75) is 59.9 Å². The van der Waals surface area contributed by atoms with Crippen molar-refractivity contribution in [1.82, 2.24) is 5.32 Å². The number of benzene rings is 1. The van der Waals surface area contributed by atoms with Gasteiger partial charge in [-0.2, -0.15) is 0 Å². The summed E-state index contributed by atoms with van der Waals surface area (Å²) in [5.74, 6) is 2.55. The van der Waals surface area contributed by atoms with Crippen molar-refractivity contribution >= 4 is 0 Å². The van der Waals surface area contributed by atoms with Gasteiger partial charge in [0.1, 0.15) is 0 Å². The van der Waals surface area contributed by atoms with Crippen molar-refractivity contribution in [2.24, 2.45) is 17.8 Å². The van der Waals surface area contributed by atoms with Gasteiger partial charge in [-0.1, -0.05) is 56.5 Å². The van der Waals surface area contributed by atoms with Crippen molar-refractivity contribution in [2.75, 3.05) is 6.54 Å². The molecule has 1 aromatic carbocycles. The molecule has 1 saturated carbocycles. The zero-order valence-electron chi connectivity index (χ0n) is 13.9. The fourth-order valence-corrected chi connectivity index (χ4v) is 3.86. The van der Waals surface area contributed by atoms with Crippen LogP contribution in [0.2, 0.25) is 0 Å². The second-order valence-electron chi connectivity index (χ2n) is 6.98. The molecule has 0 aliphatic heterocycles. The summed E-state index contributed by atoms with van der Waals surface area (Å²) in [6, 6.07) is 7.57. The van der Waals surface area contributed by atoms with Crippen LogP contribution in [0.1, 0.15) is 62.8 Å². The smallest absolute Gasteiger partial charge is 0.0348 e. The van der Waals surface area contributed by atoms with Crippen LogP contribution in [-0.2, 0) is 0 Å². The summed E-state index contributed by atoms with van der Waals surface area (Å²) >= 11 is 0. The van der Waals surface area contributed by atoms with Crippen molar-refractivity contribution in [1.29, 1.82) is 0 Å². The highest BCUT2D eigenvalue weighted by molar-refractivity contribution is 5.31. The SMILES string of the molecule is CCNC(c1cc(C)cc(C)c1)C1CCC(C)C(C)C1. The lowest BCUT2D eigenvalue weighted by molar-refractivity contribution is 0.172.